The Balaban J connectivity index is 3.70. The molecule has 2 N–H and O–H groups in total. The molecular formula is C9H20N2O2. The molecule has 0 radical (unpaired) electrons. The van der Waals surface area contributed by atoms with E-state index in [1.54, 1.807) is 18.9 Å². The normalized spacial score (nSPS) is 15.2. The molecule has 2 unspecified atom stereocenters. The Hall–Kier alpha value is -0.610. The number of likely N-dealkylation sites (N-methyl/N-ethyl adjacent to an activating group) is 1. The number of aliphatic hydroxyl groups excluding tert-OH is 1. The number of rotatable bonds is 5. The zero-order valence-corrected chi connectivity index (χ0v) is 8.87. The Morgan fingerprint density at radius 1 is 1.54 bits per heavy atom. The van der Waals surface area contributed by atoms with E-state index in [4.69, 9.17) is 5.11 Å². The quantitative estimate of drug-likeness (QED) is 0.629. The molecule has 0 aromatic rings. The first-order valence-corrected chi connectivity index (χ1v) is 4.64. The zero-order chi connectivity index (χ0) is 10.4. The first kappa shape index (κ1) is 12.4. The Bertz CT molecular complexity index is 160. The van der Waals surface area contributed by atoms with E-state index in [1.165, 1.54) is 0 Å². The van der Waals surface area contributed by atoms with Gasteiger partial charge in [0, 0.05) is 19.6 Å². The summed E-state index contributed by atoms with van der Waals surface area (Å²) in [4.78, 5) is 12.9. The number of carbonyl (C=O) groups is 1. The SMILES string of the molecule is CCN(C)C(=O)CNC(C)C(C)O. The fourth-order valence-corrected chi connectivity index (χ4v) is 0.730. The minimum atomic E-state index is -0.431. The molecule has 0 aliphatic heterocycles. The van der Waals surface area contributed by atoms with Crippen molar-refractivity contribution >= 4 is 5.91 Å². The number of hydrogen-bond acceptors (Lipinski definition) is 3. The molecule has 0 saturated heterocycles. The van der Waals surface area contributed by atoms with Gasteiger partial charge in [-0.25, -0.2) is 0 Å². The molecule has 78 valence electrons. The van der Waals surface area contributed by atoms with Crippen molar-refractivity contribution in [3.05, 3.63) is 0 Å². The molecule has 0 saturated carbocycles. The number of amides is 1. The van der Waals surface area contributed by atoms with Gasteiger partial charge in [-0.1, -0.05) is 0 Å². The Labute approximate surface area is 79.9 Å². The van der Waals surface area contributed by atoms with Crippen molar-refractivity contribution in [3.63, 3.8) is 0 Å². The highest BCUT2D eigenvalue weighted by Crippen LogP contribution is 1.90. The van der Waals surface area contributed by atoms with Gasteiger partial charge in [-0.05, 0) is 20.8 Å². The molecule has 0 spiro atoms. The fraction of sp³-hybridized carbons (Fsp3) is 0.889. The van der Waals surface area contributed by atoms with Crippen LogP contribution in [0.15, 0.2) is 0 Å². The van der Waals surface area contributed by atoms with Gasteiger partial charge in [-0.2, -0.15) is 0 Å². The highest BCUT2D eigenvalue weighted by atomic mass is 16.3. The molecule has 4 heteroatoms. The molecule has 0 aromatic heterocycles. The second-order valence-electron chi connectivity index (χ2n) is 3.32. The van der Waals surface area contributed by atoms with Gasteiger partial charge in [0.05, 0.1) is 12.6 Å². The second-order valence-corrected chi connectivity index (χ2v) is 3.32. The summed E-state index contributed by atoms with van der Waals surface area (Å²) in [5.74, 6) is 0.0509. The zero-order valence-electron chi connectivity index (χ0n) is 8.87. The topological polar surface area (TPSA) is 52.6 Å². The summed E-state index contributed by atoms with van der Waals surface area (Å²) in [6.45, 7) is 6.48. The van der Waals surface area contributed by atoms with E-state index in [-0.39, 0.29) is 18.5 Å². The molecule has 0 rings (SSSR count). The highest BCUT2D eigenvalue weighted by Gasteiger charge is 2.11. The van der Waals surface area contributed by atoms with Gasteiger partial charge >= 0.3 is 0 Å². The lowest BCUT2D eigenvalue weighted by Crippen LogP contribution is -2.42. The molecule has 1 amide bonds. The number of nitrogens with zero attached hydrogens (tertiary/aromatic N) is 1. The Morgan fingerprint density at radius 3 is 2.46 bits per heavy atom. The Morgan fingerprint density at radius 2 is 2.08 bits per heavy atom. The average molecular weight is 188 g/mol. The van der Waals surface area contributed by atoms with Gasteiger partial charge in [-0.15, -0.1) is 0 Å². The molecule has 0 aliphatic carbocycles. The van der Waals surface area contributed by atoms with Gasteiger partial charge < -0.3 is 15.3 Å². The van der Waals surface area contributed by atoms with Crippen molar-refractivity contribution in [2.45, 2.75) is 32.9 Å². The molecule has 0 heterocycles. The van der Waals surface area contributed by atoms with E-state index in [9.17, 15) is 4.79 Å². The van der Waals surface area contributed by atoms with Gasteiger partial charge in [-0.3, -0.25) is 4.79 Å². The molecule has 0 aliphatic rings. The number of carbonyl (C=O) groups excluding carboxylic acids is 1. The minimum absolute atomic E-state index is 0.0470. The lowest BCUT2D eigenvalue weighted by atomic mass is 10.2. The molecule has 13 heavy (non-hydrogen) atoms. The van der Waals surface area contributed by atoms with Crippen LogP contribution in [0.3, 0.4) is 0 Å². The van der Waals surface area contributed by atoms with Crippen LogP contribution in [0, 0.1) is 0 Å². The van der Waals surface area contributed by atoms with Crippen LogP contribution in [0.5, 0.6) is 0 Å². The summed E-state index contributed by atoms with van der Waals surface area (Å²) in [7, 11) is 1.76. The van der Waals surface area contributed by atoms with Gasteiger partial charge in [0.15, 0.2) is 0 Å². The average Bonchev–Trinajstić information content (AvgIpc) is 2.11. The molecule has 0 aromatic carbocycles. The molecular weight excluding hydrogens is 168 g/mol. The van der Waals surface area contributed by atoms with Crippen molar-refractivity contribution in [3.8, 4) is 0 Å². The summed E-state index contributed by atoms with van der Waals surface area (Å²) in [6, 6.07) is -0.0470. The minimum Gasteiger partial charge on any atom is -0.392 e. The third-order valence-electron chi connectivity index (χ3n) is 2.20. The van der Waals surface area contributed by atoms with Gasteiger partial charge in [0.2, 0.25) is 5.91 Å². The predicted molar refractivity (Wildman–Crippen MR) is 52.5 cm³/mol. The van der Waals surface area contributed by atoms with Crippen molar-refractivity contribution in [1.29, 1.82) is 0 Å². The van der Waals surface area contributed by atoms with Crippen LogP contribution in [0.1, 0.15) is 20.8 Å². The van der Waals surface area contributed by atoms with E-state index >= 15 is 0 Å². The van der Waals surface area contributed by atoms with E-state index < -0.39 is 6.10 Å². The summed E-state index contributed by atoms with van der Waals surface area (Å²) in [5.41, 5.74) is 0. The van der Waals surface area contributed by atoms with Gasteiger partial charge in [0.25, 0.3) is 0 Å². The largest absolute Gasteiger partial charge is 0.392 e. The van der Waals surface area contributed by atoms with Crippen molar-refractivity contribution in [1.82, 2.24) is 10.2 Å². The maximum Gasteiger partial charge on any atom is 0.236 e. The summed E-state index contributed by atoms with van der Waals surface area (Å²) >= 11 is 0. The van der Waals surface area contributed by atoms with Crippen LogP contribution in [0.25, 0.3) is 0 Å². The number of aliphatic hydroxyl groups is 1. The van der Waals surface area contributed by atoms with E-state index in [1.807, 2.05) is 13.8 Å². The van der Waals surface area contributed by atoms with E-state index in [2.05, 4.69) is 5.32 Å². The first-order valence-electron chi connectivity index (χ1n) is 4.64. The first-order chi connectivity index (χ1) is 5.99. The second kappa shape index (κ2) is 5.94. The van der Waals surface area contributed by atoms with Crippen molar-refractivity contribution in [2.24, 2.45) is 0 Å². The third-order valence-corrected chi connectivity index (χ3v) is 2.20. The highest BCUT2D eigenvalue weighted by molar-refractivity contribution is 5.77. The molecule has 2 atom stereocenters. The maximum atomic E-state index is 11.3. The smallest absolute Gasteiger partial charge is 0.236 e. The summed E-state index contributed by atoms with van der Waals surface area (Å²) < 4.78 is 0. The molecule has 0 fully saturated rings. The van der Waals surface area contributed by atoms with Crippen LogP contribution in [-0.4, -0.2) is 48.2 Å². The summed E-state index contributed by atoms with van der Waals surface area (Å²) in [6.07, 6.45) is -0.431. The van der Waals surface area contributed by atoms with Crippen LogP contribution >= 0.6 is 0 Å². The standard InChI is InChI=1S/C9H20N2O2/c1-5-11(4)9(13)6-10-7(2)8(3)12/h7-8,10,12H,5-6H2,1-4H3. The van der Waals surface area contributed by atoms with E-state index in [0.717, 1.165) is 0 Å². The third kappa shape index (κ3) is 4.85. The van der Waals surface area contributed by atoms with Crippen LogP contribution < -0.4 is 5.32 Å². The Kier molecular flexibility index (Phi) is 5.66. The van der Waals surface area contributed by atoms with Crippen molar-refractivity contribution < 1.29 is 9.90 Å². The fourth-order valence-electron chi connectivity index (χ4n) is 0.730. The number of hydrogen-bond donors (Lipinski definition) is 2. The van der Waals surface area contributed by atoms with Gasteiger partial charge in [0.1, 0.15) is 0 Å². The molecule has 0 bridgehead atoms. The lowest BCUT2D eigenvalue weighted by molar-refractivity contribution is -0.128. The number of nitrogens with one attached hydrogen (secondary N) is 1. The summed E-state index contributed by atoms with van der Waals surface area (Å²) in [5, 5.41) is 12.1. The van der Waals surface area contributed by atoms with E-state index in [0.29, 0.717) is 6.54 Å². The van der Waals surface area contributed by atoms with Crippen LogP contribution in [-0.2, 0) is 4.79 Å². The lowest BCUT2D eigenvalue weighted by Gasteiger charge is -2.19. The predicted octanol–water partition coefficient (Wildman–Crippen LogP) is -0.176. The maximum absolute atomic E-state index is 11.3. The monoisotopic (exact) mass is 188 g/mol. The van der Waals surface area contributed by atoms with Crippen molar-refractivity contribution in [2.75, 3.05) is 20.1 Å². The molecule has 4 nitrogen and oxygen atoms in total. The van der Waals surface area contributed by atoms with Crippen LogP contribution in [0.4, 0.5) is 0 Å². The van der Waals surface area contributed by atoms with Crippen LogP contribution in [0.2, 0.25) is 0 Å².